The predicted octanol–water partition coefficient (Wildman–Crippen LogP) is 3.11. The number of nitrogens with zero attached hydrogens (tertiary/aromatic N) is 3. The number of nitrogens with one attached hydrogen (secondary N) is 1. The summed E-state index contributed by atoms with van der Waals surface area (Å²) < 4.78 is 51.6. The maximum Gasteiger partial charge on any atom is 0.281 e. The lowest BCUT2D eigenvalue weighted by Crippen LogP contribution is -2.50. The van der Waals surface area contributed by atoms with Crippen molar-refractivity contribution in [3.05, 3.63) is 53.4 Å². The number of ether oxygens (including phenoxy) is 2. The maximum atomic E-state index is 15.1. The number of hydrogen-bond acceptors (Lipinski definition) is 8. The Bertz CT molecular complexity index is 1060. The van der Waals surface area contributed by atoms with Crippen LogP contribution in [0.25, 0.3) is 0 Å². The van der Waals surface area contributed by atoms with Crippen LogP contribution < -0.4 is 11.1 Å². The molecule has 3 atom stereocenters. The minimum absolute atomic E-state index is 0.129. The summed E-state index contributed by atoms with van der Waals surface area (Å²) in [6, 6.07) is 4.17. The molecular formula is C21H22F3N5O3S. The Morgan fingerprint density at radius 3 is 2.91 bits per heavy atom. The number of fused-ring (bicyclic) bond motifs is 1. The molecule has 0 spiro atoms. The highest BCUT2D eigenvalue weighted by atomic mass is 32.2. The van der Waals surface area contributed by atoms with Crippen LogP contribution in [0.15, 0.2) is 35.6 Å². The Hall–Kier alpha value is -2.70. The molecule has 1 aromatic heterocycles. The molecule has 8 nitrogen and oxygen atoms in total. The number of halogens is 3. The Morgan fingerprint density at radius 2 is 2.21 bits per heavy atom. The fraction of sp³-hybridized carbons (Fsp3) is 0.429. The van der Waals surface area contributed by atoms with Crippen LogP contribution in [0.2, 0.25) is 0 Å². The first-order valence-electron chi connectivity index (χ1n) is 10.1. The smallest absolute Gasteiger partial charge is 0.281 e. The lowest BCUT2D eigenvalue weighted by molar-refractivity contribution is -0.0812. The monoisotopic (exact) mass is 481 g/mol. The number of aliphatic imine (C=N–C) groups is 1. The molecule has 176 valence electrons. The van der Waals surface area contributed by atoms with E-state index in [9.17, 15) is 13.6 Å². The minimum Gasteiger partial charge on any atom is -0.382 e. The molecule has 2 aromatic rings. The third kappa shape index (κ3) is 4.82. The van der Waals surface area contributed by atoms with Gasteiger partial charge in [-0.15, -0.1) is 0 Å². The molecule has 2 aliphatic rings. The first kappa shape index (κ1) is 23.5. The van der Waals surface area contributed by atoms with Crippen molar-refractivity contribution >= 4 is 28.5 Å². The van der Waals surface area contributed by atoms with E-state index in [2.05, 4.69) is 20.3 Å². The van der Waals surface area contributed by atoms with Gasteiger partial charge in [0.15, 0.2) is 5.17 Å². The van der Waals surface area contributed by atoms with Gasteiger partial charge in [-0.25, -0.2) is 18.2 Å². The van der Waals surface area contributed by atoms with Crippen LogP contribution in [0, 0.1) is 11.7 Å². The van der Waals surface area contributed by atoms with E-state index >= 15 is 4.39 Å². The molecule has 1 fully saturated rings. The molecule has 0 bridgehead atoms. The molecular weight excluding hydrogens is 459 g/mol. The Balaban J connectivity index is 1.65. The molecule has 12 heteroatoms. The molecule has 4 rings (SSSR count). The van der Waals surface area contributed by atoms with Crippen LogP contribution in [0.5, 0.6) is 0 Å². The van der Waals surface area contributed by atoms with Gasteiger partial charge >= 0.3 is 0 Å². The number of anilines is 1. The van der Waals surface area contributed by atoms with Crippen LogP contribution >= 0.6 is 11.8 Å². The van der Waals surface area contributed by atoms with E-state index in [1.54, 1.807) is 7.11 Å². The number of benzene rings is 1. The zero-order valence-electron chi connectivity index (χ0n) is 17.6. The third-order valence-corrected chi connectivity index (χ3v) is 6.62. The fourth-order valence-corrected chi connectivity index (χ4v) is 5.05. The number of rotatable bonds is 6. The Labute approximate surface area is 192 Å². The summed E-state index contributed by atoms with van der Waals surface area (Å²) in [5.41, 5.74) is 4.98. The highest BCUT2D eigenvalue weighted by molar-refractivity contribution is 8.13. The molecule has 1 aromatic carbocycles. The van der Waals surface area contributed by atoms with Gasteiger partial charge in [0.1, 0.15) is 17.2 Å². The number of amides is 1. The van der Waals surface area contributed by atoms with E-state index in [1.165, 1.54) is 30.0 Å². The van der Waals surface area contributed by atoms with Gasteiger partial charge < -0.3 is 20.5 Å². The topological polar surface area (TPSA) is 112 Å². The molecule has 33 heavy (non-hydrogen) atoms. The van der Waals surface area contributed by atoms with E-state index in [4.69, 9.17) is 15.2 Å². The van der Waals surface area contributed by atoms with Gasteiger partial charge in [-0.3, -0.25) is 14.8 Å². The quantitative estimate of drug-likeness (QED) is 0.652. The Kier molecular flexibility index (Phi) is 6.86. The molecule has 3 heterocycles. The van der Waals surface area contributed by atoms with Crippen molar-refractivity contribution in [1.29, 1.82) is 0 Å². The second kappa shape index (κ2) is 9.65. The first-order chi connectivity index (χ1) is 15.8. The number of methoxy groups -OCH3 is 1. The van der Waals surface area contributed by atoms with Crippen molar-refractivity contribution in [2.24, 2.45) is 16.6 Å². The number of nitrogens with two attached hydrogens (primary N) is 1. The van der Waals surface area contributed by atoms with Crippen molar-refractivity contribution < 1.29 is 27.4 Å². The van der Waals surface area contributed by atoms with E-state index in [0.717, 1.165) is 12.4 Å². The van der Waals surface area contributed by atoms with Crippen molar-refractivity contribution in [3.63, 3.8) is 0 Å². The van der Waals surface area contributed by atoms with Gasteiger partial charge in [0.2, 0.25) is 0 Å². The van der Waals surface area contributed by atoms with Gasteiger partial charge in [0, 0.05) is 36.5 Å². The number of alkyl halides is 2. The lowest BCUT2D eigenvalue weighted by atomic mass is 9.73. The molecule has 3 N–H and O–H groups in total. The third-order valence-electron chi connectivity index (χ3n) is 5.66. The highest BCUT2D eigenvalue weighted by Gasteiger charge is 2.49. The van der Waals surface area contributed by atoms with Crippen LogP contribution in [-0.2, 0) is 15.0 Å². The normalized spacial score (nSPS) is 24.8. The SMILES string of the molecule is COC[C@H]1CC2(c3cc(NC(=O)c4cnc(C(F)F)cn4)ccc3F)N=C(N)SC[C@@H]2CO1. The number of aromatic nitrogens is 2. The number of hydrogen-bond donors (Lipinski definition) is 2. The molecule has 1 amide bonds. The summed E-state index contributed by atoms with van der Waals surface area (Å²) in [5, 5.41) is 2.97. The standard InChI is InChI=1S/C21H22F3N5O3S/c1-31-9-13-5-21(11(8-32-13)10-33-20(25)29-21)14-4-12(2-3-15(14)22)28-19(30)17-7-26-16(6-27-17)18(23)24/h2-4,6-7,11,13,18H,5,8-10H2,1H3,(H2,25,29)(H,28,30)/t11-,13+,21?/m0/s1. The highest BCUT2D eigenvalue weighted by Crippen LogP contribution is 2.48. The van der Waals surface area contributed by atoms with Gasteiger partial charge in [-0.1, -0.05) is 11.8 Å². The number of thioether (sulfide) groups is 1. The number of amidine groups is 1. The van der Waals surface area contributed by atoms with Gasteiger partial charge in [-0.05, 0) is 18.2 Å². The van der Waals surface area contributed by atoms with Crippen molar-refractivity contribution in [2.45, 2.75) is 24.5 Å². The number of carbonyl (C=O) groups excluding carboxylic acids is 1. The summed E-state index contributed by atoms with van der Waals surface area (Å²) in [6.07, 6.45) is -0.917. The second-order valence-electron chi connectivity index (χ2n) is 7.77. The zero-order valence-corrected chi connectivity index (χ0v) is 18.4. The second-order valence-corrected chi connectivity index (χ2v) is 8.81. The van der Waals surface area contributed by atoms with Gasteiger partial charge in [-0.2, -0.15) is 0 Å². The minimum atomic E-state index is -2.79. The largest absolute Gasteiger partial charge is 0.382 e. The average Bonchev–Trinajstić information content (AvgIpc) is 2.80. The molecule has 1 saturated heterocycles. The van der Waals surface area contributed by atoms with E-state index in [1.807, 2.05) is 0 Å². The summed E-state index contributed by atoms with van der Waals surface area (Å²) in [7, 11) is 1.56. The van der Waals surface area contributed by atoms with E-state index in [0.29, 0.717) is 36.2 Å². The Morgan fingerprint density at radius 1 is 1.39 bits per heavy atom. The summed E-state index contributed by atoms with van der Waals surface area (Å²) >= 11 is 1.39. The molecule has 0 radical (unpaired) electrons. The van der Waals surface area contributed by atoms with Crippen LogP contribution in [0.3, 0.4) is 0 Å². The first-order valence-corrected chi connectivity index (χ1v) is 11.1. The molecule has 0 saturated carbocycles. The lowest BCUT2D eigenvalue weighted by Gasteiger charge is -2.46. The van der Waals surface area contributed by atoms with Gasteiger partial charge in [0.05, 0.1) is 37.3 Å². The average molecular weight is 482 g/mol. The van der Waals surface area contributed by atoms with Crippen LogP contribution in [0.1, 0.15) is 34.6 Å². The maximum absolute atomic E-state index is 15.1. The van der Waals surface area contributed by atoms with E-state index in [-0.39, 0.29) is 23.3 Å². The van der Waals surface area contributed by atoms with Crippen molar-refractivity contribution in [3.8, 4) is 0 Å². The fourth-order valence-electron chi connectivity index (χ4n) is 4.08. The van der Waals surface area contributed by atoms with Gasteiger partial charge in [0.25, 0.3) is 12.3 Å². The number of carbonyl (C=O) groups is 1. The molecule has 1 unspecified atom stereocenters. The summed E-state index contributed by atoms with van der Waals surface area (Å²) in [6.45, 7) is 0.683. The summed E-state index contributed by atoms with van der Waals surface area (Å²) in [5.74, 6) is -0.671. The molecule has 0 aliphatic carbocycles. The zero-order chi connectivity index (χ0) is 23.6. The molecule has 2 aliphatic heterocycles. The van der Waals surface area contributed by atoms with E-state index < -0.39 is 29.4 Å². The van der Waals surface area contributed by atoms with Crippen LogP contribution in [0.4, 0.5) is 18.9 Å². The van der Waals surface area contributed by atoms with Crippen LogP contribution in [-0.4, -0.2) is 53.2 Å². The summed E-state index contributed by atoms with van der Waals surface area (Å²) in [4.78, 5) is 24.5. The predicted molar refractivity (Wildman–Crippen MR) is 117 cm³/mol. The van der Waals surface area contributed by atoms with Crippen molar-refractivity contribution in [2.75, 3.05) is 31.4 Å². The van der Waals surface area contributed by atoms with Crippen molar-refractivity contribution in [1.82, 2.24) is 9.97 Å².